The maximum Gasteiger partial charge on any atom is 0.416 e. The molecule has 1 fully saturated rings. The van der Waals surface area contributed by atoms with Crippen molar-refractivity contribution in [3.63, 3.8) is 0 Å². The monoisotopic (exact) mass is 750 g/mol. The van der Waals surface area contributed by atoms with Crippen molar-refractivity contribution in [3.8, 4) is 34.7 Å². The van der Waals surface area contributed by atoms with Crippen LogP contribution in [-0.2, 0) is 26.3 Å². The van der Waals surface area contributed by atoms with Gasteiger partial charge in [-0.05, 0) is 70.6 Å². The summed E-state index contributed by atoms with van der Waals surface area (Å²) in [6.07, 6.45) is -7.57. The summed E-state index contributed by atoms with van der Waals surface area (Å²) in [5.41, 5.74) is 0.785. The smallest absolute Gasteiger partial charge is 0.369 e. The number of aromatic nitrogens is 4. The molecule has 1 amide bonds. The third-order valence-corrected chi connectivity index (χ3v) is 9.63. The SMILES string of the molecule is CC(C)[C@H]1CN(CC(F)(F)F)CCN1Cc1cc2c(c(C(F)(F)F)c1)CN(c1cc(-c3cc(C#N)ccc3-c3nncn3C)cc(NCCC#N)n1)C2=O. The van der Waals surface area contributed by atoms with E-state index in [1.807, 2.05) is 24.8 Å². The van der Waals surface area contributed by atoms with E-state index in [9.17, 15) is 36.4 Å². The molecule has 1 saturated heterocycles. The molecule has 282 valence electrons. The quantitative estimate of drug-likeness (QED) is 0.140. The minimum Gasteiger partial charge on any atom is -0.369 e. The number of alkyl halides is 6. The van der Waals surface area contributed by atoms with E-state index in [-0.39, 0.29) is 79.4 Å². The standard InChI is InChI=1S/C37H36F6N10O/c1-22(2)31-19-51(20-36(38,39)40)9-10-52(31)17-24-12-28-29(30(13-24)37(41,42)43)18-53(35(28)54)33-15-25(14-32(48-33)46-8-4-7-44)27-11-23(16-45)5-6-26(27)34-49-47-21-50(34)3/h5-6,11-15,21-22,31H,4,8-10,17-20H2,1-3H3,(H,46,48)/t31-/m1/s1. The maximum atomic E-state index is 14.7. The zero-order valence-electron chi connectivity index (χ0n) is 29.6. The number of nitrogens with one attached hydrogen (secondary N) is 1. The molecule has 2 aliphatic rings. The molecule has 0 radical (unpaired) electrons. The Morgan fingerprint density at radius 3 is 2.43 bits per heavy atom. The zero-order valence-corrected chi connectivity index (χ0v) is 29.6. The first-order valence-electron chi connectivity index (χ1n) is 17.2. The van der Waals surface area contributed by atoms with Gasteiger partial charge in [0, 0.05) is 56.9 Å². The number of carbonyl (C=O) groups excluding carboxylic acids is 1. The van der Waals surface area contributed by atoms with Crippen LogP contribution in [0.5, 0.6) is 0 Å². The normalized spacial score (nSPS) is 16.8. The summed E-state index contributed by atoms with van der Waals surface area (Å²) in [5, 5.41) is 30.1. The largest absolute Gasteiger partial charge is 0.416 e. The van der Waals surface area contributed by atoms with Crippen LogP contribution in [0.4, 0.5) is 38.0 Å². The fourth-order valence-corrected chi connectivity index (χ4v) is 7.09. The molecule has 2 aromatic heterocycles. The number of pyridine rings is 1. The van der Waals surface area contributed by atoms with Gasteiger partial charge in [0.1, 0.15) is 18.0 Å². The topological polar surface area (TPSA) is 130 Å². The van der Waals surface area contributed by atoms with E-state index < -0.39 is 36.9 Å². The lowest BCUT2D eigenvalue weighted by Gasteiger charge is -2.43. The molecule has 2 aromatic carbocycles. The van der Waals surface area contributed by atoms with Crippen molar-refractivity contribution in [1.82, 2.24) is 29.5 Å². The highest BCUT2D eigenvalue weighted by molar-refractivity contribution is 6.10. The maximum absolute atomic E-state index is 14.7. The van der Waals surface area contributed by atoms with Crippen molar-refractivity contribution in [2.45, 2.75) is 51.8 Å². The van der Waals surface area contributed by atoms with Crippen LogP contribution in [0.3, 0.4) is 0 Å². The summed E-state index contributed by atoms with van der Waals surface area (Å²) in [4.78, 5) is 23.1. The van der Waals surface area contributed by atoms with Gasteiger partial charge in [0.05, 0.1) is 42.8 Å². The predicted molar refractivity (Wildman–Crippen MR) is 187 cm³/mol. The van der Waals surface area contributed by atoms with Crippen LogP contribution in [0.2, 0.25) is 0 Å². The van der Waals surface area contributed by atoms with Crippen molar-refractivity contribution >= 4 is 17.5 Å². The van der Waals surface area contributed by atoms with Gasteiger partial charge >= 0.3 is 12.4 Å². The Morgan fingerprint density at radius 1 is 1.00 bits per heavy atom. The number of hydrogen-bond donors (Lipinski definition) is 1. The zero-order chi connectivity index (χ0) is 38.9. The molecule has 11 nitrogen and oxygen atoms in total. The van der Waals surface area contributed by atoms with Gasteiger partial charge in [0.2, 0.25) is 0 Å². The molecule has 6 rings (SSSR count). The minimum atomic E-state index is -4.82. The number of carbonyl (C=O) groups is 1. The van der Waals surface area contributed by atoms with E-state index in [4.69, 9.17) is 5.26 Å². The van der Waals surface area contributed by atoms with Gasteiger partial charge in [-0.15, -0.1) is 10.2 Å². The molecule has 0 unspecified atom stereocenters. The fraction of sp³-hybridized carbons (Fsp3) is 0.405. The Kier molecular flexibility index (Phi) is 10.7. The third-order valence-electron chi connectivity index (χ3n) is 9.63. The van der Waals surface area contributed by atoms with E-state index in [1.165, 1.54) is 17.3 Å². The first kappa shape index (κ1) is 38.2. The number of nitrogens with zero attached hydrogens (tertiary/aromatic N) is 9. The number of anilines is 2. The average Bonchev–Trinajstić information content (AvgIpc) is 3.69. The van der Waals surface area contributed by atoms with Crippen LogP contribution in [0.25, 0.3) is 22.5 Å². The molecule has 0 spiro atoms. The lowest BCUT2D eigenvalue weighted by atomic mass is 9.96. The number of amides is 1. The Bertz CT molecular complexity index is 2130. The first-order chi connectivity index (χ1) is 25.6. The lowest BCUT2D eigenvalue weighted by molar-refractivity contribution is -0.153. The molecule has 0 aliphatic carbocycles. The molecule has 0 saturated carbocycles. The van der Waals surface area contributed by atoms with Crippen molar-refractivity contribution < 1.29 is 31.1 Å². The Morgan fingerprint density at radius 2 is 1.78 bits per heavy atom. The Labute approximate surface area is 307 Å². The molecule has 17 heteroatoms. The van der Waals surface area contributed by atoms with Crippen LogP contribution >= 0.6 is 0 Å². The highest BCUT2D eigenvalue weighted by atomic mass is 19.4. The van der Waals surface area contributed by atoms with Crippen molar-refractivity contribution in [2.75, 3.05) is 42.9 Å². The van der Waals surface area contributed by atoms with Gasteiger partial charge in [-0.25, -0.2) is 4.98 Å². The summed E-state index contributed by atoms with van der Waals surface area (Å²) in [7, 11) is 1.74. The summed E-state index contributed by atoms with van der Waals surface area (Å²) >= 11 is 0. The summed E-state index contributed by atoms with van der Waals surface area (Å²) in [6, 6.07) is 14.4. The second kappa shape index (κ2) is 15.1. The number of nitriles is 2. The molecular formula is C37H36F6N10O. The number of aryl methyl sites for hydroxylation is 1. The van der Waals surface area contributed by atoms with E-state index in [1.54, 1.807) is 41.9 Å². The number of fused-ring (bicyclic) bond motifs is 1. The molecule has 1 atom stereocenters. The van der Waals surface area contributed by atoms with E-state index in [2.05, 4.69) is 26.6 Å². The van der Waals surface area contributed by atoms with E-state index in [0.29, 0.717) is 28.1 Å². The number of piperazine rings is 1. The van der Waals surface area contributed by atoms with Crippen molar-refractivity contribution in [1.29, 1.82) is 10.5 Å². The number of hydrogen-bond acceptors (Lipinski definition) is 9. The van der Waals surface area contributed by atoms with Gasteiger partial charge in [-0.3, -0.25) is 19.5 Å². The van der Waals surface area contributed by atoms with Crippen LogP contribution in [0.1, 0.15) is 52.9 Å². The molecular weight excluding hydrogens is 714 g/mol. The van der Waals surface area contributed by atoms with Gasteiger partial charge in [-0.1, -0.05) is 13.8 Å². The summed E-state index contributed by atoms with van der Waals surface area (Å²) < 4.78 is 85.4. The number of rotatable bonds is 10. The van der Waals surface area contributed by atoms with Crippen LogP contribution in [0.15, 0.2) is 48.8 Å². The van der Waals surface area contributed by atoms with Crippen LogP contribution < -0.4 is 10.2 Å². The molecule has 0 bridgehead atoms. The third kappa shape index (κ3) is 8.17. The van der Waals surface area contributed by atoms with E-state index >= 15 is 0 Å². The molecule has 4 aromatic rings. The molecule has 4 heterocycles. The highest BCUT2D eigenvalue weighted by Crippen LogP contribution is 2.41. The van der Waals surface area contributed by atoms with Crippen LogP contribution in [-0.4, -0.2) is 80.4 Å². The fourth-order valence-electron chi connectivity index (χ4n) is 7.09. The van der Waals surface area contributed by atoms with Gasteiger partial charge < -0.3 is 9.88 Å². The van der Waals surface area contributed by atoms with Gasteiger partial charge in [0.15, 0.2) is 5.82 Å². The molecule has 2 aliphatic heterocycles. The molecule has 54 heavy (non-hydrogen) atoms. The lowest BCUT2D eigenvalue weighted by Crippen LogP contribution is -2.56. The predicted octanol–water partition coefficient (Wildman–Crippen LogP) is 6.63. The minimum absolute atomic E-state index is 0.00704. The first-order valence-corrected chi connectivity index (χ1v) is 17.2. The second-order valence-corrected chi connectivity index (χ2v) is 13.8. The second-order valence-electron chi connectivity index (χ2n) is 13.8. The van der Waals surface area contributed by atoms with E-state index in [0.717, 1.165) is 11.0 Å². The molecule has 1 N–H and O–H groups in total. The number of halogens is 6. The summed E-state index contributed by atoms with van der Waals surface area (Å²) in [5.74, 6) is -0.0457. The van der Waals surface area contributed by atoms with Crippen LogP contribution in [0, 0.1) is 28.6 Å². The Hall–Kier alpha value is -5.52. The average molecular weight is 751 g/mol. The number of benzene rings is 2. The van der Waals surface area contributed by atoms with Crippen molar-refractivity contribution in [3.05, 3.63) is 76.6 Å². The van der Waals surface area contributed by atoms with Crippen molar-refractivity contribution in [2.24, 2.45) is 13.0 Å². The highest BCUT2D eigenvalue weighted by Gasteiger charge is 2.42. The van der Waals surface area contributed by atoms with Gasteiger partial charge in [-0.2, -0.15) is 36.9 Å². The summed E-state index contributed by atoms with van der Waals surface area (Å²) in [6.45, 7) is 2.81. The Balaban J connectivity index is 1.39. The van der Waals surface area contributed by atoms with Gasteiger partial charge in [0.25, 0.3) is 5.91 Å².